The predicted molar refractivity (Wildman–Crippen MR) is 30.2 cm³/mol. The summed E-state index contributed by atoms with van der Waals surface area (Å²) in [6.07, 6.45) is 0. The molecule has 0 aliphatic heterocycles. The van der Waals surface area contributed by atoms with E-state index in [2.05, 4.69) is 11.5 Å². The Kier molecular flexibility index (Phi) is 46.4. The molecule has 0 atom stereocenters. The molecule has 0 aliphatic rings. The molecule has 0 aromatic rings. The summed E-state index contributed by atoms with van der Waals surface area (Å²) in [5.41, 5.74) is 9.00. The topological polar surface area (TPSA) is 132 Å². The van der Waals surface area contributed by atoms with Crippen molar-refractivity contribution < 1.29 is 36.9 Å². The minimum absolute atomic E-state index is 0. The Morgan fingerprint density at radius 3 is 1.00 bits per heavy atom. The van der Waals surface area contributed by atoms with Crippen molar-refractivity contribution in [3.63, 3.8) is 0 Å². The molecule has 0 fully saturated rings. The second kappa shape index (κ2) is 22.8. The first-order chi connectivity index (χ1) is 4.64. The summed E-state index contributed by atoms with van der Waals surface area (Å²) in [4.78, 5) is 17.9. The molecule has 0 saturated carbocycles. The fourth-order valence-corrected chi connectivity index (χ4v) is 0. The zero-order valence-electron chi connectivity index (χ0n) is 6.14. The zero-order chi connectivity index (χ0) is 9.15. The summed E-state index contributed by atoms with van der Waals surface area (Å²) in [5.74, 6) is -4.37. The van der Waals surface area contributed by atoms with Crippen LogP contribution in [0.25, 0.3) is 0 Å². The molecule has 0 unspecified atom stereocenters. The molecule has 0 aromatic carbocycles. The minimum atomic E-state index is -2.19. The van der Waals surface area contributed by atoms with E-state index in [1.165, 1.54) is 14.1 Å². The maximum absolute atomic E-state index is 8.93. The number of carboxylic acids is 2. The van der Waals surface area contributed by atoms with Crippen LogP contribution >= 0.6 is 0 Å². The predicted octanol–water partition coefficient (Wildman–Crippen LogP) is -4.37. The standard InChI is InChI=1S/C2H2O4.2CH5N.Fe/c3-1(4)2(5)6;2*1-2;/h(H,3,4)(H,5,6);2*2H2,1H3;/q;;;+2/p-2. The number of rotatable bonds is 0. The monoisotopic (exact) mass is 206 g/mol. The molecular formula is C4H10FeN2O4. The van der Waals surface area contributed by atoms with Gasteiger partial charge in [0.25, 0.3) is 0 Å². The molecule has 7 heteroatoms. The van der Waals surface area contributed by atoms with Crippen LogP contribution in [0, 0.1) is 0 Å². The van der Waals surface area contributed by atoms with E-state index >= 15 is 0 Å². The molecule has 0 radical (unpaired) electrons. The molecule has 0 rings (SSSR count). The van der Waals surface area contributed by atoms with Crippen molar-refractivity contribution in [1.29, 1.82) is 0 Å². The van der Waals surface area contributed by atoms with E-state index in [0.29, 0.717) is 0 Å². The van der Waals surface area contributed by atoms with Gasteiger partial charge < -0.3 is 31.3 Å². The van der Waals surface area contributed by atoms with E-state index in [0.717, 1.165) is 0 Å². The minimum Gasteiger partial charge on any atom is -0.543 e. The van der Waals surface area contributed by atoms with Crippen molar-refractivity contribution in [2.75, 3.05) is 14.1 Å². The normalized spacial score (nSPS) is 5.09. The number of carbonyl (C=O) groups is 2. The maximum Gasteiger partial charge on any atom is 2.00 e. The van der Waals surface area contributed by atoms with Gasteiger partial charge in [-0.1, -0.05) is 0 Å². The molecule has 0 amide bonds. The van der Waals surface area contributed by atoms with Gasteiger partial charge in [0.2, 0.25) is 0 Å². The third-order valence-corrected chi connectivity index (χ3v) is 0.167. The second-order valence-electron chi connectivity index (χ2n) is 0.575. The van der Waals surface area contributed by atoms with E-state index in [1.54, 1.807) is 0 Å². The van der Waals surface area contributed by atoms with Crippen LogP contribution in [0.15, 0.2) is 0 Å². The van der Waals surface area contributed by atoms with Gasteiger partial charge in [0, 0.05) is 0 Å². The van der Waals surface area contributed by atoms with Gasteiger partial charge in [-0.25, -0.2) is 0 Å². The molecule has 0 spiro atoms. The van der Waals surface area contributed by atoms with Crippen LogP contribution in [-0.4, -0.2) is 26.0 Å². The molecule has 0 bridgehead atoms. The van der Waals surface area contributed by atoms with E-state index in [4.69, 9.17) is 19.8 Å². The van der Waals surface area contributed by atoms with Gasteiger partial charge >= 0.3 is 17.1 Å². The third kappa shape index (κ3) is 44.7. The van der Waals surface area contributed by atoms with E-state index < -0.39 is 11.9 Å². The first-order valence-corrected chi connectivity index (χ1v) is 2.22. The summed E-state index contributed by atoms with van der Waals surface area (Å²) >= 11 is 0. The van der Waals surface area contributed by atoms with Crippen molar-refractivity contribution in [3.05, 3.63) is 0 Å². The Labute approximate surface area is 75.0 Å². The first kappa shape index (κ1) is 22.4. The number of aliphatic carboxylic acids is 2. The van der Waals surface area contributed by atoms with Crippen molar-refractivity contribution in [2.24, 2.45) is 11.5 Å². The molecular weight excluding hydrogens is 196 g/mol. The first-order valence-electron chi connectivity index (χ1n) is 2.22. The Hall–Kier alpha value is -0.621. The number of carboxylic acid groups (broad SMARTS) is 2. The van der Waals surface area contributed by atoms with Crippen molar-refractivity contribution >= 4 is 11.9 Å². The van der Waals surface area contributed by atoms with Crippen LogP contribution in [0.2, 0.25) is 0 Å². The molecule has 6 nitrogen and oxygen atoms in total. The molecule has 0 aromatic heterocycles. The van der Waals surface area contributed by atoms with E-state index in [9.17, 15) is 0 Å². The molecule has 11 heavy (non-hydrogen) atoms. The summed E-state index contributed by atoms with van der Waals surface area (Å²) in [6, 6.07) is 0. The van der Waals surface area contributed by atoms with Crippen LogP contribution < -0.4 is 21.7 Å². The van der Waals surface area contributed by atoms with Gasteiger partial charge in [-0.05, 0) is 14.1 Å². The number of hydrogen-bond donors (Lipinski definition) is 2. The van der Waals surface area contributed by atoms with Gasteiger partial charge in [0.1, 0.15) is 0 Å². The second-order valence-corrected chi connectivity index (χ2v) is 0.575. The molecule has 0 heterocycles. The van der Waals surface area contributed by atoms with Crippen molar-refractivity contribution in [3.8, 4) is 0 Å². The summed E-state index contributed by atoms with van der Waals surface area (Å²) < 4.78 is 0. The van der Waals surface area contributed by atoms with Gasteiger partial charge in [0.15, 0.2) is 0 Å². The van der Waals surface area contributed by atoms with Crippen molar-refractivity contribution in [2.45, 2.75) is 0 Å². The summed E-state index contributed by atoms with van der Waals surface area (Å²) in [5, 5.41) is 17.9. The molecule has 0 aliphatic carbocycles. The van der Waals surface area contributed by atoms with E-state index in [-0.39, 0.29) is 17.1 Å². The summed E-state index contributed by atoms with van der Waals surface area (Å²) in [7, 11) is 3.00. The zero-order valence-corrected chi connectivity index (χ0v) is 7.25. The molecule has 0 saturated heterocycles. The van der Waals surface area contributed by atoms with Gasteiger partial charge in [-0.2, -0.15) is 0 Å². The van der Waals surface area contributed by atoms with Crippen LogP contribution in [0.4, 0.5) is 0 Å². The number of nitrogens with two attached hydrogens (primary N) is 2. The smallest absolute Gasteiger partial charge is 0.543 e. The van der Waals surface area contributed by atoms with Gasteiger partial charge in [-0.3, -0.25) is 0 Å². The largest absolute Gasteiger partial charge is 2.00 e. The fourth-order valence-electron chi connectivity index (χ4n) is 0. The van der Waals surface area contributed by atoms with Crippen LogP contribution in [0.3, 0.4) is 0 Å². The Morgan fingerprint density at radius 1 is 0.909 bits per heavy atom. The fraction of sp³-hybridized carbons (Fsp3) is 0.500. The quantitative estimate of drug-likeness (QED) is 0.304. The summed E-state index contributed by atoms with van der Waals surface area (Å²) in [6.45, 7) is 0. The maximum atomic E-state index is 8.93. The number of hydrogen-bond acceptors (Lipinski definition) is 6. The number of carbonyl (C=O) groups excluding carboxylic acids is 2. The Morgan fingerprint density at radius 2 is 1.00 bits per heavy atom. The van der Waals surface area contributed by atoms with Gasteiger partial charge in [0.05, 0.1) is 11.9 Å². The molecule has 4 N–H and O–H groups in total. The van der Waals surface area contributed by atoms with Gasteiger partial charge in [-0.15, -0.1) is 0 Å². The van der Waals surface area contributed by atoms with Crippen LogP contribution in [-0.2, 0) is 26.7 Å². The van der Waals surface area contributed by atoms with Crippen molar-refractivity contribution in [1.82, 2.24) is 0 Å². The Bertz CT molecular complexity index is 86.1. The van der Waals surface area contributed by atoms with E-state index in [1.807, 2.05) is 0 Å². The third-order valence-electron chi connectivity index (χ3n) is 0.167. The average molecular weight is 206 g/mol. The Balaban J connectivity index is -0.0000000428. The van der Waals surface area contributed by atoms with Crippen LogP contribution in [0.1, 0.15) is 0 Å². The average Bonchev–Trinajstić information content (AvgIpc) is 1.96. The SMILES string of the molecule is CN.CN.O=C([O-])C(=O)[O-].[Fe+2]. The molecule has 68 valence electrons. The van der Waals surface area contributed by atoms with Crippen LogP contribution in [0.5, 0.6) is 0 Å².